The van der Waals surface area contributed by atoms with Crippen LogP contribution in [0.1, 0.15) is 70.3 Å². The highest BCUT2D eigenvalue weighted by molar-refractivity contribution is 5.20. The van der Waals surface area contributed by atoms with Crippen LogP contribution in [0, 0.1) is 12.8 Å². The number of aromatic nitrogens is 2. The van der Waals surface area contributed by atoms with E-state index < -0.39 is 0 Å². The van der Waals surface area contributed by atoms with E-state index in [9.17, 15) is 0 Å². The van der Waals surface area contributed by atoms with Crippen LogP contribution in [-0.2, 0) is 4.74 Å². The van der Waals surface area contributed by atoms with E-state index in [-0.39, 0.29) is 12.1 Å². The molecule has 0 spiro atoms. The topological polar surface area (TPSA) is 47.0 Å². The summed E-state index contributed by atoms with van der Waals surface area (Å²) in [6.45, 7) is 14.3. The van der Waals surface area contributed by atoms with Crippen molar-refractivity contribution in [1.29, 1.82) is 0 Å². The maximum atomic E-state index is 5.77. The largest absolute Gasteiger partial charge is 0.370 e. The molecule has 1 aromatic heterocycles. The van der Waals surface area contributed by atoms with E-state index in [1.807, 2.05) is 20.0 Å². The highest BCUT2D eigenvalue weighted by Gasteiger charge is 2.20. The number of nitrogens with one attached hydrogen (secondary N) is 1. The van der Waals surface area contributed by atoms with Gasteiger partial charge < -0.3 is 10.1 Å². The Morgan fingerprint density at radius 3 is 2.45 bits per heavy atom. The predicted octanol–water partition coefficient (Wildman–Crippen LogP) is 3.58. The minimum Gasteiger partial charge on any atom is -0.370 e. The van der Waals surface area contributed by atoms with E-state index in [4.69, 9.17) is 4.74 Å². The zero-order valence-electron chi connectivity index (χ0n) is 13.7. The third-order valence-corrected chi connectivity index (χ3v) is 3.41. The molecule has 0 aliphatic heterocycles. The maximum Gasteiger partial charge on any atom is 0.157 e. The highest BCUT2D eigenvalue weighted by Crippen LogP contribution is 2.24. The van der Waals surface area contributed by atoms with Crippen molar-refractivity contribution in [2.24, 2.45) is 5.92 Å². The van der Waals surface area contributed by atoms with Gasteiger partial charge in [-0.25, -0.2) is 9.97 Å². The number of nitrogens with zero attached hydrogens (tertiary/aromatic N) is 2. The first-order chi connectivity index (χ1) is 9.51. The number of hydrogen-bond acceptors (Lipinski definition) is 4. The Morgan fingerprint density at radius 2 is 1.95 bits per heavy atom. The molecule has 0 saturated heterocycles. The molecule has 20 heavy (non-hydrogen) atoms. The molecule has 4 nitrogen and oxygen atoms in total. The minimum absolute atomic E-state index is 0.0216. The lowest BCUT2D eigenvalue weighted by atomic mass is 10.1. The van der Waals surface area contributed by atoms with Crippen LogP contribution < -0.4 is 5.32 Å². The van der Waals surface area contributed by atoms with Gasteiger partial charge in [0.25, 0.3) is 0 Å². The molecule has 0 bridgehead atoms. The summed E-state index contributed by atoms with van der Waals surface area (Å²) in [5, 5.41) is 3.47. The van der Waals surface area contributed by atoms with E-state index in [2.05, 4.69) is 43.0 Å². The van der Waals surface area contributed by atoms with Gasteiger partial charge in [0, 0.05) is 30.1 Å². The smallest absolute Gasteiger partial charge is 0.157 e. The number of ether oxygens (including phenoxy) is 1. The monoisotopic (exact) mass is 279 g/mol. The fourth-order valence-electron chi connectivity index (χ4n) is 2.27. The summed E-state index contributed by atoms with van der Waals surface area (Å²) < 4.78 is 5.77. The Labute approximate surface area is 123 Å². The summed E-state index contributed by atoms with van der Waals surface area (Å²) in [4.78, 5) is 9.20. The Hall–Kier alpha value is -1.00. The molecule has 2 unspecified atom stereocenters. The molecule has 114 valence electrons. The van der Waals surface area contributed by atoms with Gasteiger partial charge in [-0.1, -0.05) is 20.8 Å². The van der Waals surface area contributed by atoms with Crippen LogP contribution in [0.2, 0.25) is 0 Å². The van der Waals surface area contributed by atoms with Crippen LogP contribution in [-0.4, -0.2) is 23.1 Å². The Kier molecular flexibility index (Phi) is 7.10. The molecule has 0 aliphatic carbocycles. The van der Waals surface area contributed by atoms with E-state index in [0.29, 0.717) is 12.5 Å². The van der Waals surface area contributed by atoms with Crippen LogP contribution in [0.5, 0.6) is 0 Å². The zero-order valence-corrected chi connectivity index (χ0v) is 13.7. The first kappa shape index (κ1) is 17.1. The summed E-state index contributed by atoms with van der Waals surface area (Å²) in [7, 11) is 0. The van der Waals surface area contributed by atoms with Gasteiger partial charge in [0.1, 0.15) is 6.10 Å². The summed E-state index contributed by atoms with van der Waals surface area (Å²) in [5.41, 5.74) is 2.21. The maximum absolute atomic E-state index is 5.77. The standard InChI is InChI=1S/C16H29N3O/c1-7-9-17-12(5)14-10-18-16(19-13(14)6)15(11(3)4)20-8-2/h10-12,15,17H,7-9H2,1-6H3. The van der Waals surface area contributed by atoms with Crippen molar-refractivity contribution >= 4 is 0 Å². The first-order valence-corrected chi connectivity index (χ1v) is 7.69. The Balaban J connectivity index is 2.91. The van der Waals surface area contributed by atoms with Gasteiger partial charge in [-0.15, -0.1) is 0 Å². The third kappa shape index (κ3) is 4.53. The fraction of sp³-hybridized carbons (Fsp3) is 0.750. The molecule has 0 fully saturated rings. The van der Waals surface area contributed by atoms with E-state index >= 15 is 0 Å². The van der Waals surface area contributed by atoms with Crippen molar-refractivity contribution in [3.8, 4) is 0 Å². The van der Waals surface area contributed by atoms with Gasteiger partial charge >= 0.3 is 0 Å². The molecule has 1 aromatic rings. The Morgan fingerprint density at radius 1 is 1.25 bits per heavy atom. The molecule has 1 N–H and O–H groups in total. The predicted molar refractivity (Wildman–Crippen MR) is 82.7 cm³/mol. The lowest BCUT2D eigenvalue weighted by molar-refractivity contribution is 0.0230. The molecule has 0 saturated carbocycles. The van der Waals surface area contributed by atoms with Crippen LogP contribution in [0.4, 0.5) is 0 Å². The van der Waals surface area contributed by atoms with Crippen molar-refractivity contribution in [3.63, 3.8) is 0 Å². The van der Waals surface area contributed by atoms with E-state index in [0.717, 1.165) is 24.5 Å². The number of rotatable bonds is 8. The summed E-state index contributed by atoms with van der Waals surface area (Å²) in [6.07, 6.45) is 3.05. The van der Waals surface area contributed by atoms with Gasteiger partial charge in [0.2, 0.25) is 0 Å². The minimum atomic E-state index is -0.0216. The molecule has 0 aromatic carbocycles. The van der Waals surface area contributed by atoms with Crippen molar-refractivity contribution in [3.05, 3.63) is 23.3 Å². The van der Waals surface area contributed by atoms with Crippen LogP contribution >= 0.6 is 0 Å². The zero-order chi connectivity index (χ0) is 15.1. The van der Waals surface area contributed by atoms with Gasteiger partial charge in [-0.2, -0.15) is 0 Å². The molecule has 0 amide bonds. The fourth-order valence-corrected chi connectivity index (χ4v) is 2.27. The normalized spacial score (nSPS) is 14.6. The first-order valence-electron chi connectivity index (χ1n) is 7.69. The molecule has 0 aliphatic rings. The quantitative estimate of drug-likeness (QED) is 0.790. The van der Waals surface area contributed by atoms with Crippen molar-refractivity contribution in [1.82, 2.24) is 15.3 Å². The molecular weight excluding hydrogens is 250 g/mol. The van der Waals surface area contributed by atoms with Gasteiger partial charge in [0.05, 0.1) is 0 Å². The second-order valence-electron chi connectivity index (χ2n) is 5.56. The van der Waals surface area contributed by atoms with Crippen LogP contribution in [0.3, 0.4) is 0 Å². The second kappa shape index (κ2) is 8.32. The van der Waals surface area contributed by atoms with Gasteiger partial charge in [-0.3, -0.25) is 0 Å². The van der Waals surface area contributed by atoms with E-state index in [1.165, 1.54) is 5.56 Å². The lowest BCUT2D eigenvalue weighted by Gasteiger charge is -2.21. The van der Waals surface area contributed by atoms with Gasteiger partial charge in [0.15, 0.2) is 5.82 Å². The lowest BCUT2D eigenvalue weighted by Crippen LogP contribution is -2.22. The number of hydrogen-bond donors (Lipinski definition) is 1. The molecule has 1 rings (SSSR count). The molecule has 4 heteroatoms. The molecular formula is C16H29N3O. The molecule has 0 radical (unpaired) electrons. The molecule has 1 heterocycles. The highest BCUT2D eigenvalue weighted by atomic mass is 16.5. The van der Waals surface area contributed by atoms with Gasteiger partial charge in [-0.05, 0) is 39.7 Å². The van der Waals surface area contributed by atoms with E-state index in [1.54, 1.807) is 0 Å². The van der Waals surface area contributed by atoms with Crippen molar-refractivity contribution in [2.45, 2.75) is 60.1 Å². The van der Waals surface area contributed by atoms with Crippen LogP contribution in [0.15, 0.2) is 6.20 Å². The number of aryl methyl sites for hydroxylation is 1. The van der Waals surface area contributed by atoms with Crippen LogP contribution in [0.25, 0.3) is 0 Å². The summed E-state index contributed by atoms with van der Waals surface area (Å²) >= 11 is 0. The Bertz CT molecular complexity index is 407. The second-order valence-corrected chi connectivity index (χ2v) is 5.56. The molecule has 2 atom stereocenters. The average molecular weight is 279 g/mol. The average Bonchev–Trinajstić information content (AvgIpc) is 2.41. The summed E-state index contributed by atoms with van der Waals surface area (Å²) in [5.74, 6) is 1.17. The summed E-state index contributed by atoms with van der Waals surface area (Å²) in [6, 6.07) is 0.286. The third-order valence-electron chi connectivity index (χ3n) is 3.41. The van der Waals surface area contributed by atoms with Crippen molar-refractivity contribution in [2.75, 3.05) is 13.2 Å². The van der Waals surface area contributed by atoms with Crippen molar-refractivity contribution < 1.29 is 4.74 Å². The SMILES string of the molecule is CCCNC(C)c1cnc(C(OCC)C(C)C)nc1C.